The minimum atomic E-state index is 0.167. The zero-order valence-electron chi connectivity index (χ0n) is 15.3. The van der Waals surface area contributed by atoms with Gasteiger partial charge in [-0.1, -0.05) is 80.4 Å². The van der Waals surface area contributed by atoms with E-state index >= 15 is 0 Å². The van der Waals surface area contributed by atoms with Crippen LogP contribution in [-0.4, -0.2) is 11.6 Å². The SMILES string of the molecule is O=C(Cc1ccc(Br)cc1)Cc1cccc(CC(=O)Cc2ccc(Br)cc2)c1. The van der Waals surface area contributed by atoms with E-state index in [0.29, 0.717) is 25.7 Å². The second-order valence-corrected chi connectivity index (χ2v) is 8.69. The molecule has 2 nitrogen and oxygen atoms in total. The molecule has 0 aliphatic heterocycles. The summed E-state index contributed by atoms with van der Waals surface area (Å²) in [7, 11) is 0. The monoisotopic (exact) mass is 498 g/mol. The van der Waals surface area contributed by atoms with E-state index in [2.05, 4.69) is 31.9 Å². The molecule has 0 N–H and O–H groups in total. The Balaban J connectivity index is 1.57. The molecule has 3 rings (SSSR count). The molecule has 142 valence electrons. The third-order valence-electron chi connectivity index (χ3n) is 4.42. The van der Waals surface area contributed by atoms with Gasteiger partial charge in [-0.15, -0.1) is 0 Å². The summed E-state index contributed by atoms with van der Waals surface area (Å²) in [5, 5.41) is 0. The maximum Gasteiger partial charge on any atom is 0.141 e. The molecule has 0 aromatic heterocycles. The molecule has 4 heteroatoms. The molecule has 0 radical (unpaired) electrons. The van der Waals surface area contributed by atoms with Crippen LogP contribution in [0.15, 0.2) is 81.7 Å². The van der Waals surface area contributed by atoms with E-state index in [9.17, 15) is 9.59 Å². The van der Waals surface area contributed by atoms with Gasteiger partial charge < -0.3 is 0 Å². The van der Waals surface area contributed by atoms with Crippen molar-refractivity contribution in [1.82, 2.24) is 0 Å². The lowest BCUT2D eigenvalue weighted by molar-refractivity contribution is -0.118. The summed E-state index contributed by atoms with van der Waals surface area (Å²) in [5.74, 6) is 0.335. The van der Waals surface area contributed by atoms with Crippen LogP contribution in [0.25, 0.3) is 0 Å². The van der Waals surface area contributed by atoms with E-state index in [1.807, 2.05) is 72.8 Å². The third kappa shape index (κ3) is 6.54. The number of rotatable bonds is 8. The van der Waals surface area contributed by atoms with Crippen molar-refractivity contribution in [1.29, 1.82) is 0 Å². The molecule has 0 heterocycles. The van der Waals surface area contributed by atoms with Gasteiger partial charge in [-0.05, 0) is 46.5 Å². The number of halogens is 2. The van der Waals surface area contributed by atoms with Gasteiger partial charge in [0.25, 0.3) is 0 Å². The van der Waals surface area contributed by atoms with Gasteiger partial charge in [0.15, 0.2) is 0 Å². The highest BCUT2D eigenvalue weighted by Gasteiger charge is 2.09. The molecule has 3 aromatic rings. The Labute approximate surface area is 182 Å². The molecule has 3 aromatic carbocycles. The average Bonchev–Trinajstić information content (AvgIpc) is 2.66. The Hall–Kier alpha value is -2.04. The molecule has 0 unspecified atom stereocenters. The number of carbonyl (C=O) groups excluding carboxylic acids is 2. The maximum absolute atomic E-state index is 12.4. The molecular formula is C24H20Br2O2. The van der Waals surface area contributed by atoms with Crippen LogP contribution in [-0.2, 0) is 35.3 Å². The van der Waals surface area contributed by atoms with Crippen molar-refractivity contribution >= 4 is 43.4 Å². The quantitative estimate of drug-likeness (QED) is 0.385. The van der Waals surface area contributed by atoms with Crippen molar-refractivity contribution in [3.63, 3.8) is 0 Å². The summed E-state index contributed by atoms with van der Waals surface area (Å²) in [4.78, 5) is 24.8. The highest BCUT2D eigenvalue weighted by atomic mass is 79.9. The zero-order valence-corrected chi connectivity index (χ0v) is 18.5. The van der Waals surface area contributed by atoms with E-state index in [-0.39, 0.29) is 11.6 Å². The Bertz CT molecular complexity index is 884. The van der Waals surface area contributed by atoms with Crippen LogP contribution in [0, 0.1) is 0 Å². The number of benzene rings is 3. The molecule has 0 fully saturated rings. The van der Waals surface area contributed by atoms with Crippen molar-refractivity contribution in [3.05, 3.63) is 104 Å². The Morgan fingerprint density at radius 2 is 0.893 bits per heavy atom. The normalized spacial score (nSPS) is 10.6. The number of ketones is 2. The number of hydrogen-bond acceptors (Lipinski definition) is 2. The number of carbonyl (C=O) groups is 2. The summed E-state index contributed by atoms with van der Waals surface area (Å²) in [6.07, 6.45) is 1.59. The van der Waals surface area contributed by atoms with E-state index in [1.165, 1.54) is 0 Å². The molecule has 0 aliphatic carbocycles. The van der Waals surface area contributed by atoms with Crippen LogP contribution in [0.5, 0.6) is 0 Å². The zero-order chi connectivity index (χ0) is 19.9. The fraction of sp³-hybridized carbons (Fsp3) is 0.167. The molecule has 28 heavy (non-hydrogen) atoms. The average molecular weight is 500 g/mol. The molecular weight excluding hydrogens is 480 g/mol. The van der Waals surface area contributed by atoms with Crippen LogP contribution in [0.4, 0.5) is 0 Å². The highest BCUT2D eigenvalue weighted by Crippen LogP contribution is 2.15. The Kier molecular flexibility index (Phi) is 7.35. The van der Waals surface area contributed by atoms with Gasteiger partial charge in [0.05, 0.1) is 0 Å². The lowest BCUT2D eigenvalue weighted by atomic mass is 9.98. The van der Waals surface area contributed by atoms with Crippen LogP contribution in [0.3, 0.4) is 0 Å². The summed E-state index contributed by atoms with van der Waals surface area (Å²) < 4.78 is 2.01. The molecule has 0 spiro atoms. The van der Waals surface area contributed by atoms with Crippen LogP contribution in [0.1, 0.15) is 22.3 Å². The third-order valence-corrected chi connectivity index (χ3v) is 5.48. The topological polar surface area (TPSA) is 34.1 Å². The smallest absolute Gasteiger partial charge is 0.141 e. The first-order chi connectivity index (χ1) is 13.5. The van der Waals surface area contributed by atoms with Gasteiger partial charge in [0, 0.05) is 34.6 Å². The maximum atomic E-state index is 12.4. The predicted octanol–water partition coefficient (Wildman–Crippen LogP) is 5.92. The Morgan fingerprint density at radius 3 is 1.29 bits per heavy atom. The minimum Gasteiger partial charge on any atom is -0.299 e. The first-order valence-corrected chi connectivity index (χ1v) is 10.7. The molecule has 0 saturated carbocycles. The number of hydrogen-bond donors (Lipinski definition) is 0. The van der Waals surface area contributed by atoms with Crippen molar-refractivity contribution < 1.29 is 9.59 Å². The van der Waals surface area contributed by atoms with Crippen LogP contribution >= 0.6 is 31.9 Å². The van der Waals surface area contributed by atoms with Crippen molar-refractivity contribution in [2.24, 2.45) is 0 Å². The molecule has 0 amide bonds. The summed E-state index contributed by atoms with van der Waals surface area (Å²) in [5.41, 5.74) is 3.93. The fourth-order valence-corrected chi connectivity index (χ4v) is 3.62. The van der Waals surface area contributed by atoms with Gasteiger partial charge in [-0.2, -0.15) is 0 Å². The first-order valence-electron chi connectivity index (χ1n) is 9.08. The van der Waals surface area contributed by atoms with E-state index in [1.54, 1.807) is 0 Å². The van der Waals surface area contributed by atoms with Gasteiger partial charge in [0.2, 0.25) is 0 Å². The standard InChI is InChI=1S/C24H20Br2O2/c25-21-8-4-17(5-9-21)13-23(27)15-19-2-1-3-20(12-19)16-24(28)14-18-6-10-22(26)11-7-18/h1-12H,13-16H2. The second-order valence-electron chi connectivity index (χ2n) is 6.86. The largest absolute Gasteiger partial charge is 0.299 e. The van der Waals surface area contributed by atoms with E-state index in [0.717, 1.165) is 31.2 Å². The molecule has 0 atom stereocenters. The predicted molar refractivity (Wildman–Crippen MR) is 120 cm³/mol. The second kappa shape index (κ2) is 9.94. The van der Waals surface area contributed by atoms with Crippen LogP contribution in [0.2, 0.25) is 0 Å². The lowest BCUT2D eigenvalue weighted by Gasteiger charge is -2.06. The Morgan fingerprint density at radius 1 is 0.536 bits per heavy atom. The summed E-state index contributed by atoms with van der Waals surface area (Å²) in [6.45, 7) is 0. The van der Waals surface area contributed by atoms with E-state index in [4.69, 9.17) is 0 Å². The van der Waals surface area contributed by atoms with E-state index < -0.39 is 0 Å². The van der Waals surface area contributed by atoms with Gasteiger partial charge in [-0.25, -0.2) is 0 Å². The highest BCUT2D eigenvalue weighted by molar-refractivity contribution is 9.10. The van der Waals surface area contributed by atoms with Gasteiger partial charge in [-0.3, -0.25) is 9.59 Å². The van der Waals surface area contributed by atoms with Gasteiger partial charge >= 0.3 is 0 Å². The first kappa shape index (κ1) is 20.7. The summed E-state index contributed by atoms with van der Waals surface area (Å²) in [6, 6.07) is 23.4. The molecule has 0 saturated heterocycles. The fourth-order valence-electron chi connectivity index (χ4n) is 3.09. The summed E-state index contributed by atoms with van der Waals surface area (Å²) >= 11 is 6.80. The van der Waals surface area contributed by atoms with Crippen molar-refractivity contribution in [3.8, 4) is 0 Å². The lowest BCUT2D eigenvalue weighted by Crippen LogP contribution is -2.09. The van der Waals surface area contributed by atoms with Crippen molar-refractivity contribution in [2.45, 2.75) is 25.7 Å². The van der Waals surface area contributed by atoms with Crippen LogP contribution < -0.4 is 0 Å². The number of Topliss-reactive ketones (excluding diaryl/α,β-unsaturated/α-hetero) is 2. The minimum absolute atomic E-state index is 0.167. The molecule has 0 aliphatic rings. The van der Waals surface area contributed by atoms with Gasteiger partial charge in [0.1, 0.15) is 11.6 Å². The van der Waals surface area contributed by atoms with Crippen molar-refractivity contribution in [2.75, 3.05) is 0 Å². The molecule has 0 bridgehead atoms.